The zero-order valence-electron chi connectivity index (χ0n) is 8.26. The van der Waals surface area contributed by atoms with Crippen LogP contribution in [0.4, 0.5) is 0 Å². The Morgan fingerprint density at radius 3 is 2.79 bits per heavy atom. The maximum Gasteiger partial charge on any atom is 0.221 e. The maximum absolute atomic E-state index is 11.1. The monoisotopic (exact) mass is 232 g/mol. The molecule has 0 aromatic carbocycles. The molecule has 1 aromatic rings. The number of aromatic nitrogens is 1. The first-order valence-electron chi connectivity index (χ1n) is 4.39. The van der Waals surface area contributed by atoms with Crippen LogP contribution in [0.2, 0.25) is 0 Å². The van der Waals surface area contributed by atoms with E-state index in [0.717, 1.165) is 10.7 Å². The molecule has 14 heavy (non-hydrogen) atoms. The first-order chi connectivity index (χ1) is 6.63. The zero-order chi connectivity index (χ0) is 10.6. The van der Waals surface area contributed by atoms with Gasteiger partial charge >= 0.3 is 0 Å². The van der Waals surface area contributed by atoms with Gasteiger partial charge in [0.15, 0.2) is 0 Å². The van der Waals surface area contributed by atoms with Crippen LogP contribution in [0.5, 0.6) is 0 Å². The molecule has 5 heteroatoms. The smallest absolute Gasteiger partial charge is 0.221 e. The van der Waals surface area contributed by atoms with Crippen LogP contribution in [0.3, 0.4) is 0 Å². The van der Waals surface area contributed by atoms with Crippen LogP contribution in [0, 0.1) is 13.8 Å². The summed E-state index contributed by atoms with van der Waals surface area (Å²) in [6.45, 7) is 4.50. The number of rotatable bonds is 4. The second-order valence-electron chi connectivity index (χ2n) is 2.96. The summed E-state index contributed by atoms with van der Waals surface area (Å²) in [5.74, 6) is 0.340. The lowest BCUT2D eigenvalue weighted by atomic mass is 10.4. The van der Waals surface area contributed by atoms with E-state index in [1.165, 1.54) is 4.88 Å². The minimum Gasteiger partial charge on any atom is -0.350 e. The molecule has 1 rings (SSSR count). The molecule has 3 nitrogen and oxygen atoms in total. The van der Waals surface area contributed by atoms with Gasteiger partial charge < -0.3 is 5.32 Å². The molecule has 1 amide bonds. The van der Waals surface area contributed by atoms with E-state index >= 15 is 0 Å². The van der Waals surface area contributed by atoms with Crippen LogP contribution in [0.25, 0.3) is 0 Å². The van der Waals surface area contributed by atoms with Gasteiger partial charge in [-0.1, -0.05) is 0 Å². The second kappa shape index (κ2) is 5.32. The molecule has 0 atom stereocenters. The number of hydrogen-bond acceptors (Lipinski definition) is 3. The molecule has 1 aromatic heterocycles. The van der Waals surface area contributed by atoms with E-state index in [1.54, 1.807) is 11.3 Å². The first kappa shape index (κ1) is 11.5. The van der Waals surface area contributed by atoms with Crippen LogP contribution in [0.1, 0.15) is 22.0 Å². The Hall–Kier alpha value is -0.610. The number of alkyl halides is 1. The van der Waals surface area contributed by atoms with Gasteiger partial charge in [0.1, 0.15) is 5.01 Å². The van der Waals surface area contributed by atoms with Crippen LogP contribution in [-0.4, -0.2) is 16.8 Å². The Balaban J connectivity index is 2.42. The Morgan fingerprint density at radius 1 is 1.57 bits per heavy atom. The third-order valence-electron chi connectivity index (χ3n) is 1.83. The topological polar surface area (TPSA) is 42.0 Å². The maximum atomic E-state index is 11.1. The highest BCUT2D eigenvalue weighted by Gasteiger charge is 2.05. The minimum atomic E-state index is -0.0227. The van der Waals surface area contributed by atoms with Gasteiger partial charge in [0.25, 0.3) is 0 Å². The molecule has 0 aliphatic carbocycles. The third-order valence-corrected chi connectivity index (χ3v) is 3.09. The average molecular weight is 233 g/mol. The summed E-state index contributed by atoms with van der Waals surface area (Å²) in [6, 6.07) is 0. The molecule has 1 heterocycles. The molecule has 78 valence electrons. The summed E-state index contributed by atoms with van der Waals surface area (Å²) in [5.41, 5.74) is 1.04. The third kappa shape index (κ3) is 3.27. The lowest BCUT2D eigenvalue weighted by molar-refractivity contribution is -0.120. The van der Waals surface area contributed by atoms with Crippen LogP contribution in [0.15, 0.2) is 0 Å². The van der Waals surface area contributed by atoms with Crippen molar-refractivity contribution in [1.82, 2.24) is 10.3 Å². The summed E-state index contributed by atoms with van der Waals surface area (Å²) in [6.07, 6.45) is 0.366. The van der Waals surface area contributed by atoms with Gasteiger partial charge in [0.05, 0.1) is 12.2 Å². The fourth-order valence-corrected chi connectivity index (χ4v) is 2.01. The SMILES string of the molecule is Cc1nc(CNC(=O)CCCl)sc1C. The van der Waals surface area contributed by atoms with E-state index in [1.807, 2.05) is 13.8 Å². The van der Waals surface area contributed by atoms with E-state index < -0.39 is 0 Å². The number of carbonyl (C=O) groups excluding carboxylic acids is 1. The number of amides is 1. The van der Waals surface area contributed by atoms with Gasteiger partial charge in [-0.3, -0.25) is 4.79 Å². The van der Waals surface area contributed by atoms with Crippen molar-refractivity contribution < 1.29 is 4.79 Å². The predicted octanol–water partition coefficient (Wildman–Crippen LogP) is 2.01. The molecule has 0 saturated heterocycles. The molecule has 0 spiro atoms. The van der Waals surface area contributed by atoms with Crippen molar-refractivity contribution in [1.29, 1.82) is 0 Å². The lowest BCUT2D eigenvalue weighted by Gasteiger charge is -1.99. The highest BCUT2D eigenvalue weighted by molar-refractivity contribution is 7.11. The molecule has 0 aliphatic heterocycles. The van der Waals surface area contributed by atoms with Crippen molar-refractivity contribution in [3.63, 3.8) is 0 Å². The van der Waals surface area contributed by atoms with Gasteiger partial charge in [-0.25, -0.2) is 4.98 Å². The predicted molar refractivity (Wildman–Crippen MR) is 58.8 cm³/mol. The average Bonchev–Trinajstić information content (AvgIpc) is 2.44. The van der Waals surface area contributed by atoms with Crippen molar-refractivity contribution in [2.75, 3.05) is 5.88 Å². The number of aryl methyl sites for hydroxylation is 2. The van der Waals surface area contributed by atoms with Gasteiger partial charge in [-0.2, -0.15) is 0 Å². The standard InChI is InChI=1S/C9H13ClN2OS/c1-6-7(2)14-9(12-6)5-11-8(13)3-4-10/h3-5H2,1-2H3,(H,11,13). The van der Waals surface area contributed by atoms with Crippen LogP contribution < -0.4 is 5.32 Å². The summed E-state index contributed by atoms with van der Waals surface area (Å²) >= 11 is 7.05. The highest BCUT2D eigenvalue weighted by Crippen LogP contribution is 2.15. The number of carbonyl (C=O) groups is 1. The molecule has 1 N–H and O–H groups in total. The fraction of sp³-hybridized carbons (Fsp3) is 0.556. The molecule has 0 saturated carbocycles. The molecule has 0 unspecified atom stereocenters. The summed E-state index contributed by atoms with van der Waals surface area (Å²) in [5, 5.41) is 3.71. The molecule has 0 fully saturated rings. The van der Waals surface area contributed by atoms with E-state index in [0.29, 0.717) is 18.8 Å². The van der Waals surface area contributed by atoms with Gasteiger partial charge in [-0.05, 0) is 13.8 Å². The lowest BCUT2D eigenvalue weighted by Crippen LogP contribution is -2.22. The minimum absolute atomic E-state index is 0.0227. The number of halogens is 1. The number of hydrogen-bond donors (Lipinski definition) is 1. The van der Waals surface area contributed by atoms with Gasteiger partial charge in [0.2, 0.25) is 5.91 Å². The van der Waals surface area contributed by atoms with Crippen molar-refractivity contribution >= 4 is 28.8 Å². The van der Waals surface area contributed by atoms with Gasteiger partial charge in [0, 0.05) is 17.2 Å². The first-order valence-corrected chi connectivity index (χ1v) is 5.74. The van der Waals surface area contributed by atoms with E-state index in [4.69, 9.17) is 11.6 Å². The second-order valence-corrected chi connectivity index (χ2v) is 4.63. The number of nitrogens with zero attached hydrogens (tertiary/aromatic N) is 1. The summed E-state index contributed by atoms with van der Waals surface area (Å²) in [4.78, 5) is 16.6. The van der Waals surface area contributed by atoms with E-state index in [9.17, 15) is 4.79 Å². The highest BCUT2D eigenvalue weighted by atomic mass is 35.5. The van der Waals surface area contributed by atoms with E-state index in [-0.39, 0.29) is 5.91 Å². The molecule has 0 aliphatic rings. The Labute approximate surface area is 92.5 Å². The van der Waals surface area contributed by atoms with Crippen molar-refractivity contribution in [2.45, 2.75) is 26.8 Å². The molecule has 0 bridgehead atoms. The Morgan fingerprint density at radius 2 is 2.29 bits per heavy atom. The summed E-state index contributed by atoms with van der Waals surface area (Å²) in [7, 11) is 0. The zero-order valence-corrected chi connectivity index (χ0v) is 9.84. The normalized spacial score (nSPS) is 10.2. The Kier molecular flexibility index (Phi) is 4.35. The molecular weight excluding hydrogens is 220 g/mol. The number of nitrogens with one attached hydrogen (secondary N) is 1. The van der Waals surface area contributed by atoms with E-state index in [2.05, 4.69) is 10.3 Å². The van der Waals surface area contributed by atoms with Crippen molar-refractivity contribution in [3.05, 3.63) is 15.6 Å². The Bertz CT molecular complexity index is 305. The summed E-state index contributed by atoms with van der Waals surface area (Å²) < 4.78 is 0. The quantitative estimate of drug-likeness (QED) is 0.807. The molecule has 0 radical (unpaired) electrons. The van der Waals surface area contributed by atoms with Crippen molar-refractivity contribution in [2.24, 2.45) is 0 Å². The molecular formula is C9H13ClN2OS. The van der Waals surface area contributed by atoms with Crippen LogP contribution >= 0.6 is 22.9 Å². The van der Waals surface area contributed by atoms with Gasteiger partial charge in [-0.15, -0.1) is 22.9 Å². The van der Waals surface area contributed by atoms with Crippen molar-refractivity contribution in [3.8, 4) is 0 Å². The fourth-order valence-electron chi connectivity index (χ4n) is 0.963. The largest absolute Gasteiger partial charge is 0.350 e. The number of thiazole rings is 1. The van der Waals surface area contributed by atoms with Crippen LogP contribution in [-0.2, 0) is 11.3 Å².